The van der Waals surface area contributed by atoms with Gasteiger partial charge in [0.2, 0.25) is 5.91 Å². The first-order valence-electron chi connectivity index (χ1n) is 9.10. The Kier molecular flexibility index (Phi) is 6.19. The lowest BCUT2D eigenvalue weighted by molar-refractivity contribution is -0.128. The van der Waals surface area contributed by atoms with Gasteiger partial charge in [-0.3, -0.25) is 9.78 Å². The van der Waals surface area contributed by atoms with E-state index in [0.29, 0.717) is 28.6 Å². The van der Waals surface area contributed by atoms with Crippen LogP contribution >= 0.6 is 34.2 Å². The molecule has 0 unspecified atom stereocenters. The van der Waals surface area contributed by atoms with Crippen LogP contribution in [0.15, 0.2) is 41.2 Å². The van der Waals surface area contributed by atoms with Gasteiger partial charge in [0.1, 0.15) is 0 Å². The molecule has 2 N–H and O–H groups in total. The van der Waals surface area contributed by atoms with E-state index in [2.05, 4.69) is 38.0 Å². The molecule has 3 aromatic rings. The first-order chi connectivity index (χ1) is 13.6. The van der Waals surface area contributed by atoms with Crippen molar-refractivity contribution in [1.82, 2.24) is 20.1 Å². The summed E-state index contributed by atoms with van der Waals surface area (Å²) < 4.78 is 2.38. The molecule has 0 radical (unpaired) electrons. The highest BCUT2D eigenvalue weighted by Crippen LogP contribution is 2.31. The summed E-state index contributed by atoms with van der Waals surface area (Å²) >= 11 is 8.65. The molecule has 8 heteroatoms. The second-order valence-corrected chi connectivity index (χ2v) is 9.46. The maximum atomic E-state index is 12.5. The first kappa shape index (κ1) is 21.6. The zero-order chi connectivity index (χ0) is 21.3. The van der Waals surface area contributed by atoms with E-state index in [-0.39, 0.29) is 11.6 Å². The van der Waals surface area contributed by atoms with Gasteiger partial charge in [0, 0.05) is 21.1 Å². The van der Waals surface area contributed by atoms with Crippen LogP contribution in [-0.2, 0) is 11.3 Å². The smallest absolute Gasteiger partial charge is 0.348 e. The van der Waals surface area contributed by atoms with Crippen molar-refractivity contribution in [1.29, 1.82) is 0 Å². The average Bonchev–Trinajstić information content (AvgIpc) is 3.02. The highest BCUT2D eigenvalue weighted by Gasteiger charge is 2.22. The monoisotopic (exact) mass is 524 g/mol. The fraction of sp³-hybridized carbons (Fsp3) is 0.286. The molecule has 2 aromatic carbocycles. The minimum atomic E-state index is -0.472. The minimum absolute atomic E-state index is 0.0372. The van der Waals surface area contributed by atoms with Crippen molar-refractivity contribution in [2.45, 2.75) is 34.2 Å². The largest absolute Gasteiger partial charge is 0.352 e. The van der Waals surface area contributed by atoms with Crippen molar-refractivity contribution in [3.63, 3.8) is 0 Å². The predicted molar refractivity (Wildman–Crippen MR) is 123 cm³/mol. The molecule has 0 aliphatic rings. The number of benzene rings is 2. The molecule has 3 rings (SSSR count). The van der Waals surface area contributed by atoms with Crippen LogP contribution < -0.4 is 11.0 Å². The number of carbonyl (C=O) groups is 1. The van der Waals surface area contributed by atoms with Crippen LogP contribution in [0.2, 0.25) is 5.02 Å². The second-order valence-electron chi connectivity index (χ2n) is 7.81. The lowest BCUT2D eigenvalue weighted by Gasteiger charge is -2.19. The highest BCUT2D eigenvalue weighted by molar-refractivity contribution is 14.1. The van der Waals surface area contributed by atoms with Gasteiger partial charge in [-0.2, -0.15) is 4.68 Å². The fourth-order valence-corrected chi connectivity index (χ4v) is 3.49. The highest BCUT2D eigenvalue weighted by atomic mass is 127. The van der Waals surface area contributed by atoms with Crippen LogP contribution in [0.1, 0.15) is 31.9 Å². The Bertz CT molecular complexity index is 1110. The maximum Gasteiger partial charge on any atom is 0.348 e. The van der Waals surface area contributed by atoms with Crippen molar-refractivity contribution < 1.29 is 4.79 Å². The molecule has 152 valence electrons. The third kappa shape index (κ3) is 4.72. The molecular weight excluding hydrogens is 503 g/mol. The minimum Gasteiger partial charge on any atom is -0.352 e. The van der Waals surface area contributed by atoms with Crippen LogP contribution in [-0.4, -0.2) is 20.7 Å². The molecule has 0 aliphatic heterocycles. The van der Waals surface area contributed by atoms with Crippen molar-refractivity contribution in [2.24, 2.45) is 5.41 Å². The molecule has 29 heavy (non-hydrogen) atoms. The summed E-state index contributed by atoms with van der Waals surface area (Å²) in [6.45, 7) is 7.87. The van der Waals surface area contributed by atoms with Gasteiger partial charge in [-0.25, -0.2) is 4.79 Å². The van der Waals surface area contributed by atoms with Gasteiger partial charge in [0.25, 0.3) is 0 Å². The van der Waals surface area contributed by atoms with E-state index in [0.717, 1.165) is 14.7 Å². The van der Waals surface area contributed by atoms with Crippen LogP contribution in [0.4, 0.5) is 0 Å². The van der Waals surface area contributed by atoms with Crippen molar-refractivity contribution in [3.05, 3.63) is 66.6 Å². The van der Waals surface area contributed by atoms with Crippen molar-refractivity contribution >= 4 is 40.1 Å². The first-order valence-corrected chi connectivity index (χ1v) is 10.6. The van der Waals surface area contributed by atoms with Gasteiger partial charge in [-0.15, -0.1) is 5.10 Å². The maximum absolute atomic E-state index is 12.5. The van der Waals surface area contributed by atoms with E-state index >= 15 is 0 Å². The molecule has 0 spiro atoms. The summed E-state index contributed by atoms with van der Waals surface area (Å²) in [7, 11) is 0. The Balaban J connectivity index is 1.97. The van der Waals surface area contributed by atoms with Gasteiger partial charge in [-0.1, -0.05) is 38.4 Å². The summed E-state index contributed by atoms with van der Waals surface area (Å²) in [6, 6.07) is 11.1. The molecule has 6 nitrogen and oxygen atoms in total. The summed E-state index contributed by atoms with van der Waals surface area (Å²) in [6.07, 6.45) is 0. The number of H-pyrrole nitrogens is 1. The Morgan fingerprint density at radius 1 is 1.21 bits per heavy atom. The van der Waals surface area contributed by atoms with E-state index in [1.54, 1.807) is 6.07 Å². The van der Waals surface area contributed by atoms with E-state index in [9.17, 15) is 9.59 Å². The molecular formula is C21H22ClIN4O2. The number of hydrogen-bond acceptors (Lipinski definition) is 3. The van der Waals surface area contributed by atoms with E-state index < -0.39 is 5.41 Å². The Morgan fingerprint density at radius 3 is 2.48 bits per heavy atom. The number of halogens is 2. The number of aromatic nitrogens is 3. The Labute approximate surface area is 187 Å². The van der Waals surface area contributed by atoms with Crippen molar-refractivity contribution in [3.8, 4) is 17.1 Å². The second kappa shape index (κ2) is 8.31. The number of amides is 1. The lowest BCUT2D eigenvalue weighted by Crippen LogP contribution is -2.34. The molecule has 0 saturated carbocycles. The zero-order valence-electron chi connectivity index (χ0n) is 16.6. The Hall–Kier alpha value is -2.13. The number of rotatable bonds is 4. The topological polar surface area (TPSA) is 79.8 Å². The molecule has 0 bridgehead atoms. The molecule has 0 atom stereocenters. The van der Waals surface area contributed by atoms with E-state index in [4.69, 9.17) is 11.6 Å². The average molecular weight is 525 g/mol. The fourth-order valence-electron chi connectivity index (χ4n) is 2.84. The summed E-state index contributed by atoms with van der Waals surface area (Å²) in [4.78, 5) is 27.5. The van der Waals surface area contributed by atoms with Gasteiger partial charge < -0.3 is 5.32 Å². The van der Waals surface area contributed by atoms with Crippen LogP contribution in [0, 0.1) is 15.9 Å². The zero-order valence-corrected chi connectivity index (χ0v) is 19.6. The Morgan fingerprint density at radius 2 is 1.86 bits per heavy atom. The summed E-state index contributed by atoms with van der Waals surface area (Å²) in [5.74, 6) is 0.352. The van der Waals surface area contributed by atoms with Crippen LogP contribution in [0.25, 0.3) is 17.1 Å². The number of carbonyl (C=O) groups excluding carboxylic acids is 1. The standard InChI is InChI=1S/C21H22ClIN4O2/c1-12-13(11-24-19(28)21(2,3)4)5-10-16(22)17(12)18-25-20(29)27(26-18)15-8-6-14(23)7-9-15/h5-10H,11H2,1-4H3,(H,24,28)(H,25,26,29). The van der Waals surface area contributed by atoms with Gasteiger partial charge in [0.15, 0.2) is 5.82 Å². The van der Waals surface area contributed by atoms with Gasteiger partial charge >= 0.3 is 5.69 Å². The predicted octanol–water partition coefficient (Wildman–Crippen LogP) is 4.46. The molecule has 0 fully saturated rings. The van der Waals surface area contributed by atoms with Gasteiger partial charge in [-0.05, 0) is 71.0 Å². The molecule has 1 amide bonds. The number of nitrogens with one attached hydrogen (secondary N) is 2. The van der Waals surface area contributed by atoms with Crippen LogP contribution in [0.3, 0.4) is 0 Å². The van der Waals surface area contributed by atoms with E-state index in [1.165, 1.54) is 4.68 Å². The summed E-state index contributed by atoms with van der Waals surface area (Å²) in [5, 5.41) is 7.88. The quantitative estimate of drug-likeness (QED) is 0.495. The van der Waals surface area contributed by atoms with Gasteiger partial charge in [0.05, 0.1) is 10.7 Å². The SMILES string of the molecule is Cc1c(CNC(=O)C(C)(C)C)ccc(Cl)c1-c1nn(-c2ccc(I)cc2)c(=O)[nH]1. The molecule has 1 heterocycles. The van der Waals surface area contributed by atoms with Crippen LogP contribution in [0.5, 0.6) is 0 Å². The third-order valence-corrected chi connectivity index (χ3v) is 5.61. The normalized spacial score (nSPS) is 11.5. The summed E-state index contributed by atoms with van der Waals surface area (Å²) in [5.41, 5.74) is 2.27. The number of nitrogens with zero attached hydrogens (tertiary/aromatic N) is 2. The number of hydrogen-bond donors (Lipinski definition) is 2. The number of aromatic amines is 1. The molecule has 0 aliphatic carbocycles. The molecule has 0 saturated heterocycles. The lowest BCUT2D eigenvalue weighted by atomic mass is 9.95. The van der Waals surface area contributed by atoms with Crippen molar-refractivity contribution in [2.75, 3.05) is 0 Å². The van der Waals surface area contributed by atoms with E-state index in [1.807, 2.05) is 58.0 Å². The molecule has 1 aromatic heterocycles. The third-order valence-electron chi connectivity index (χ3n) is 4.57.